The van der Waals surface area contributed by atoms with Crippen molar-refractivity contribution in [2.24, 2.45) is 0 Å². The Kier molecular flexibility index (Phi) is 3.75. The van der Waals surface area contributed by atoms with E-state index in [0.29, 0.717) is 5.92 Å². The van der Waals surface area contributed by atoms with Gasteiger partial charge in [-0.25, -0.2) is 0 Å². The molecule has 1 aromatic heterocycles. The van der Waals surface area contributed by atoms with Gasteiger partial charge in [0.2, 0.25) is 0 Å². The Hall–Kier alpha value is -1.24. The lowest BCUT2D eigenvalue weighted by molar-refractivity contribution is 0.873. The molecule has 78 valence electrons. The second-order valence-corrected chi connectivity index (χ2v) is 3.44. The molecular formula is C13H21N. The van der Waals surface area contributed by atoms with Crippen molar-refractivity contribution >= 4 is 10.9 Å². The molecule has 0 amide bonds. The van der Waals surface area contributed by atoms with Gasteiger partial charge in [0, 0.05) is 13.1 Å². The van der Waals surface area contributed by atoms with Crippen LogP contribution >= 0.6 is 0 Å². The third-order valence-corrected chi connectivity index (χ3v) is 2.24. The number of aromatic amines is 1. The van der Waals surface area contributed by atoms with E-state index in [-0.39, 0.29) is 1.43 Å². The molecule has 0 saturated carbocycles. The Bertz CT molecular complexity index is 390. The molecule has 0 fully saturated rings. The molecule has 0 aliphatic carbocycles. The molecule has 0 bridgehead atoms. The zero-order valence-corrected chi connectivity index (χ0v) is 9.46. The average molecular weight is 191 g/mol. The summed E-state index contributed by atoms with van der Waals surface area (Å²) in [5, 5.41) is 1.31. The molecule has 1 N–H and O–H groups in total. The van der Waals surface area contributed by atoms with E-state index >= 15 is 0 Å². The van der Waals surface area contributed by atoms with Crippen molar-refractivity contribution in [3.8, 4) is 0 Å². The number of H-pyrrole nitrogens is 1. The topological polar surface area (TPSA) is 15.8 Å². The molecule has 0 spiro atoms. The number of rotatable bonds is 1. The van der Waals surface area contributed by atoms with Gasteiger partial charge in [0.05, 0.1) is 0 Å². The van der Waals surface area contributed by atoms with Crippen LogP contribution in [0.3, 0.4) is 0 Å². The highest BCUT2D eigenvalue weighted by atomic mass is 14.7. The quantitative estimate of drug-likeness (QED) is 0.680. The van der Waals surface area contributed by atoms with Crippen LogP contribution in [0.4, 0.5) is 0 Å². The van der Waals surface area contributed by atoms with Crippen LogP contribution in [0, 0.1) is 0 Å². The molecule has 2 aromatic rings. The first kappa shape index (κ1) is 10.8. The number of nitrogens with one attached hydrogen (secondary N) is 1. The van der Waals surface area contributed by atoms with Crippen molar-refractivity contribution in [1.82, 2.24) is 4.98 Å². The minimum atomic E-state index is 0. The molecular weight excluding hydrogens is 170 g/mol. The first-order valence-electron chi connectivity index (χ1n) is 5.35. The summed E-state index contributed by atoms with van der Waals surface area (Å²) in [5.41, 5.74) is 2.69. The number of hydrogen-bond acceptors (Lipinski definition) is 0. The van der Waals surface area contributed by atoms with Crippen molar-refractivity contribution in [2.45, 2.75) is 33.6 Å². The molecule has 0 radical (unpaired) electrons. The van der Waals surface area contributed by atoms with Crippen molar-refractivity contribution in [3.05, 3.63) is 36.0 Å². The molecule has 1 heteroatoms. The SMILES string of the molecule is CC.CC(C)c1cccc2cc[nH]c12.[HH]. The summed E-state index contributed by atoms with van der Waals surface area (Å²) >= 11 is 0. The van der Waals surface area contributed by atoms with Crippen LogP contribution in [0.5, 0.6) is 0 Å². The Morgan fingerprint density at radius 2 is 1.86 bits per heavy atom. The highest BCUT2D eigenvalue weighted by molar-refractivity contribution is 5.82. The van der Waals surface area contributed by atoms with E-state index in [4.69, 9.17) is 0 Å². The van der Waals surface area contributed by atoms with Crippen molar-refractivity contribution in [3.63, 3.8) is 0 Å². The van der Waals surface area contributed by atoms with Gasteiger partial charge in [-0.15, -0.1) is 0 Å². The second-order valence-electron chi connectivity index (χ2n) is 3.44. The Labute approximate surface area is 87.6 Å². The molecule has 1 aromatic carbocycles. The number of para-hydroxylation sites is 1. The third-order valence-electron chi connectivity index (χ3n) is 2.24. The Morgan fingerprint density at radius 3 is 2.50 bits per heavy atom. The summed E-state index contributed by atoms with van der Waals surface area (Å²) < 4.78 is 0. The first-order valence-corrected chi connectivity index (χ1v) is 5.35. The summed E-state index contributed by atoms with van der Waals surface area (Å²) in [6.07, 6.45) is 2.00. The Balaban J connectivity index is 0.000000617. The molecule has 0 aliphatic rings. The predicted molar refractivity (Wildman–Crippen MR) is 65.8 cm³/mol. The summed E-state index contributed by atoms with van der Waals surface area (Å²) in [6.45, 7) is 8.44. The molecule has 2 rings (SSSR count). The van der Waals surface area contributed by atoms with Gasteiger partial charge in [0.25, 0.3) is 0 Å². The van der Waals surface area contributed by atoms with Crippen molar-refractivity contribution < 1.29 is 1.43 Å². The molecule has 14 heavy (non-hydrogen) atoms. The van der Waals surface area contributed by atoms with Crippen LogP contribution in [-0.2, 0) is 0 Å². The van der Waals surface area contributed by atoms with Gasteiger partial charge in [-0.3, -0.25) is 0 Å². The van der Waals surface area contributed by atoms with Crippen LogP contribution < -0.4 is 0 Å². The van der Waals surface area contributed by atoms with Gasteiger partial charge in [0.15, 0.2) is 0 Å². The molecule has 1 heterocycles. The van der Waals surface area contributed by atoms with E-state index in [1.807, 2.05) is 20.0 Å². The number of fused-ring (bicyclic) bond motifs is 1. The number of benzene rings is 1. The smallest absolute Gasteiger partial charge is 0.0489 e. The largest absolute Gasteiger partial charge is 0.361 e. The fourth-order valence-corrected chi connectivity index (χ4v) is 1.59. The molecule has 0 aliphatic heterocycles. The summed E-state index contributed by atoms with van der Waals surface area (Å²) in [7, 11) is 0. The zero-order valence-electron chi connectivity index (χ0n) is 9.46. The monoisotopic (exact) mass is 191 g/mol. The lowest BCUT2D eigenvalue weighted by Gasteiger charge is -2.05. The predicted octanol–water partition coefficient (Wildman–Crippen LogP) is 4.56. The van der Waals surface area contributed by atoms with E-state index < -0.39 is 0 Å². The Morgan fingerprint density at radius 1 is 1.14 bits per heavy atom. The first-order chi connectivity index (χ1) is 6.79. The highest BCUT2D eigenvalue weighted by Gasteiger charge is 2.03. The van der Waals surface area contributed by atoms with Gasteiger partial charge in [-0.2, -0.15) is 0 Å². The number of aromatic nitrogens is 1. The van der Waals surface area contributed by atoms with Crippen LogP contribution in [0.2, 0.25) is 0 Å². The standard InChI is InChI=1S/C11H13N.C2H6.H2/c1-8(2)10-5-3-4-9-6-7-12-11(9)10;1-2;/h3-8,12H,1-2H3;1-2H3;1H. The fraction of sp³-hybridized carbons (Fsp3) is 0.385. The van der Waals surface area contributed by atoms with E-state index in [2.05, 4.69) is 43.1 Å². The van der Waals surface area contributed by atoms with Gasteiger partial charge in [-0.05, 0) is 22.9 Å². The minimum Gasteiger partial charge on any atom is -0.361 e. The average Bonchev–Trinajstić information content (AvgIpc) is 2.67. The van der Waals surface area contributed by atoms with Crippen molar-refractivity contribution in [2.75, 3.05) is 0 Å². The normalized spacial score (nSPS) is 10.1. The summed E-state index contributed by atoms with van der Waals surface area (Å²) in [6, 6.07) is 8.55. The van der Waals surface area contributed by atoms with Gasteiger partial charge < -0.3 is 4.98 Å². The molecule has 0 saturated heterocycles. The maximum absolute atomic E-state index is 3.27. The molecule has 0 atom stereocenters. The van der Waals surface area contributed by atoms with Gasteiger partial charge in [0.1, 0.15) is 0 Å². The fourth-order valence-electron chi connectivity index (χ4n) is 1.59. The van der Waals surface area contributed by atoms with E-state index in [1.54, 1.807) is 0 Å². The van der Waals surface area contributed by atoms with Crippen LogP contribution in [0.15, 0.2) is 30.5 Å². The van der Waals surface area contributed by atoms with Crippen molar-refractivity contribution in [1.29, 1.82) is 0 Å². The maximum Gasteiger partial charge on any atom is 0.0489 e. The van der Waals surface area contributed by atoms with Crippen LogP contribution in [-0.4, -0.2) is 4.98 Å². The van der Waals surface area contributed by atoms with E-state index in [9.17, 15) is 0 Å². The number of hydrogen-bond donors (Lipinski definition) is 1. The second kappa shape index (κ2) is 4.85. The van der Waals surface area contributed by atoms with Gasteiger partial charge >= 0.3 is 0 Å². The lowest BCUT2D eigenvalue weighted by atomic mass is 10.0. The summed E-state index contributed by atoms with van der Waals surface area (Å²) in [5.74, 6) is 0.590. The highest BCUT2D eigenvalue weighted by Crippen LogP contribution is 2.23. The van der Waals surface area contributed by atoms with Crippen LogP contribution in [0.1, 0.15) is 40.6 Å². The van der Waals surface area contributed by atoms with Crippen LogP contribution in [0.25, 0.3) is 10.9 Å². The lowest BCUT2D eigenvalue weighted by Crippen LogP contribution is -1.87. The summed E-state index contributed by atoms with van der Waals surface area (Å²) in [4.78, 5) is 3.27. The minimum absolute atomic E-state index is 0. The van der Waals surface area contributed by atoms with E-state index in [1.165, 1.54) is 16.5 Å². The van der Waals surface area contributed by atoms with Gasteiger partial charge in [-0.1, -0.05) is 45.9 Å². The van der Waals surface area contributed by atoms with E-state index in [0.717, 1.165) is 0 Å². The zero-order chi connectivity index (χ0) is 10.6. The third kappa shape index (κ3) is 1.98. The maximum atomic E-state index is 3.27. The molecule has 1 nitrogen and oxygen atoms in total. The molecule has 0 unspecified atom stereocenters.